The molecule has 0 unspecified atom stereocenters. The lowest BCUT2D eigenvalue weighted by molar-refractivity contribution is -0.137. The molecular weight excluding hydrogens is 638 g/mol. The van der Waals surface area contributed by atoms with Crippen LogP contribution in [0.1, 0.15) is 60.7 Å². The number of carbonyl (C=O) groups is 2. The summed E-state index contributed by atoms with van der Waals surface area (Å²) < 4.78 is 54.7. The van der Waals surface area contributed by atoms with Crippen molar-refractivity contribution < 1.29 is 37.1 Å². The summed E-state index contributed by atoms with van der Waals surface area (Å²) in [6, 6.07) is 9.54. The highest BCUT2D eigenvalue weighted by Crippen LogP contribution is 2.61. The molecule has 0 atom stereocenters. The van der Waals surface area contributed by atoms with Gasteiger partial charge in [0.05, 0.1) is 16.4 Å². The summed E-state index contributed by atoms with van der Waals surface area (Å²) in [5, 5.41) is 4.25. The van der Waals surface area contributed by atoms with Crippen LogP contribution in [0.4, 0.5) is 42.0 Å². The number of alkyl halides is 3. The Labute approximate surface area is 270 Å². The predicted octanol–water partition coefficient (Wildman–Crippen LogP) is 5.43. The molecule has 1 fully saturated rings. The molecule has 2 amide bonds. The van der Waals surface area contributed by atoms with Gasteiger partial charge in [0.25, 0.3) is 5.91 Å². The van der Waals surface area contributed by atoms with Crippen molar-refractivity contribution >= 4 is 48.2 Å². The fraction of sp³-hybridized carbons (Fsp3) is 0.419. The highest BCUT2D eigenvalue weighted by molar-refractivity contribution is 7.53. The maximum atomic E-state index is 14.1. The fourth-order valence-corrected chi connectivity index (χ4v) is 7.62. The van der Waals surface area contributed by atoms with Crippen LogP contribution in [0.25, 0.3) is 0 Å². The fourth-order valence-electron chi connectivity index (χ4n) is 6.31. The first-order chi connectivity index (χ1) is 22.1. The number of rotatable bonds is 9. The number of hydrogen-bond acceptors (Lipinski definition) is 8. The first kappa shape index (κ1) is 34.1. The van der Waals surface area contributed by atoms with Crippen LogP contribution in [-0.4, -0.2) is 74.6 Å². The number of aromatic nitrogens is 2. The van der Waals surface area contributed by atoms with Crippen molar-refractivity contribution in [3.8, 4) is 0 Å². The first-order valence-electron chi connectivity index (χ1n) is 15.2. The van der Waals surface area contributed by atoms with Crippen LogP contribution in [0.2, 0.25) is 0 Å². The second kappa shape index (κ2) is 12.8. The molecule has 0 saturated carbocycles. The quantitative estimate of drug-likeness (QED) is 0.216. The number of halogens is 3. The van der Waals surface area contributed by atoms with Crippen LogP contribution >= 0.6 is 7.60 Å². The van der Waals surface area contributed by atoms with Gasteiger partial charge in [-0.2, -0.15) is 18.2 Å². The number of anilines is 5. The van der Waals surface area contributed by atoms with E-state index in [2.05, 4.69) is 25.5 Å². The number of fused-ring (bicyclic) bond motifs is 1. The molecule has 2 aliphatic rings. The second-order valence-electron chi connectivity index (χ2n) is 11.7. The topological polar surface area (TPSA) is 151 Å². The first-order valence-corrected chi connectivity index (χ1v) is 16.8. The summed E-state index contributed by atoms with van der Waals surface area (Å²) in [6.07, 6.45) is -3.75. The molecule has 252 valence electrons. The Morgan fingerprint density at radius 1 is 1.00 bits per heavy atom. The predicted molar refractivity (Wildman–Crippen MR) is 171 cm³/mol. The maximum Gasteiger partial charge on any atom is 0.421 e. The Morgan fingerprint density at radius 2 is 1.64 bits per heavy atom. The van der Waals surface area contributed by atoms with Crippen molar-refractivity contribution in [2.24, 2.45) is 0 Å². The molecule has 0 spiro atoms. The minimum Gasteiger partial charge on any atom is -0.368 e. The van der Waals surface area contributed by atoms with Crippen molar-refractivity contribution in [2.75, 3.05) is 48.8 Å². The summed E-state index contributed by atoms with van der Waals surface area (Å²) >= 11 is 0. The summed E-state index contributed by atoms with van der Waals surface area (Å²) in [5.41, 5.74) is 1.55. The van der Waals surface area contributed by atoms with Crippen molar-refractivity contribution in [1.82, 2.24) is 19.8 Å². The van der Waals surface area contributed by atoms with E-state index in [1.165, 1.54) is 11.8 Å². The Morgan fingerprint density at radius 3 is 2.19 bits per heavy atom. The van der Waals surface area contributed by atoms with E-state index in [1.54, 1.807) is 62.2 Å². The van der Waals surface area contributed by atoms with Crippen LogP contribution in [0.5, 0.6) is 0 Å². The van der Waals surface area contributed by atoms with Gasteiger partial charge >= 0.3 is 13.8 Å². The molecule has 2 aromatic carbocycles. The highest BCUT2D eigenvalue weighted by atomic mass is 31.2. The van der Waals surface area contributed by atoms with Gasteiger partial charge in [0.1, 0.15) is 11.4 Å². The monoisotopic (exact) mass is 675 g/mol. The molecule has 3 heterocycles. The number of amides is 2. The molecular formula is C31H37F3N7O5P. The Balaban J connectivity index is 1.46. The minimum atomic E-state index is -4.81. The number of piperazine rings is 1. The van der Waals surface area contributed by atoms with Gasteiger partial charge in [-0.3, -0.25) is 14.2 Å². The molecule has 5 rings (SSSR count). The van der Waals surface area contributed by atoms with Crippen LogP contribution in [-0.2, 0) is 27.2 Å². The third-order valence-corrected chi connectivity index (χ3v) is 11.1. The SMILES string of the molecule is CCC(CC)(c1ccc(Nc2ncc(C(F)(F)F)c(Nc3ccc(N4CCN(C(C)=O)CC4)c4c3C(=O)N(C)C4)n2)cc1)P(=O)(O)O. The number of benzene rings is 2. The van der Waals surface area contributed by atoms with Crippen LogP contribution < -0.4 is 15.5 Å². The molecule has 0 bridgehead atoms. The smallest absolute Gasteiger partial charge is 0.368 e. The van der Waals surface area contributed by atoms with E-state index in [4.69, 9.17) is 0 Å². The molecule has 2 aliphatic heterocycles. The van der Waals surface area contributed by atoms with Crippen LogP contribution in [0, 0.1) is 0 Å². The van der Waals surface area contributed by atoms with Gasteiger partial charge in [0, 0.05) is 69.8 Å². The molecule has 47 heavy (non-hydrogen) atoms. The lowest BCUT2D eigenvalue weighted by Gasteiger charge is -2.36. The van der Waals surface area contributed by atoms with E-state index in [0.717, 1.165) is 5.69 Å². The third kappa shape index (κ3) is 6.52. The van der Waals surface area contributed by atoms with Gasteiger partial charge in [-0.1, -0.05) is 26.0 Å². The number of hydrogen-bond donors (Lipinski definition) is 4. The zero-order chi connectivity index (χ0) is 34.3. The Bertz CT molecular complexity index is 1720. The Kier molecular flexibility index (Phi) is 9.28. The average Bonchev–Trinajstić information content (AvgIpc) is 3.31. The van der Waals surface area contributed by atoms with Gasteiger partial charge in [0.2, 0.25) is 11.9 Å². The average molecular weight is 676 g/mol. The zero-order valence-corrected chi connectivity index (χ0v) is 27.3. The maximum absolute atomic E-state index is 14.1. The summed E-state index contributed by atoms with van der Waals surface area (Å²) in [5.74, 6) is -1.09. The van der Waals surface area contributed by atoms with E-state index >= 15 is 0 Å². The second-order valence-corrected chi connectivity index (χ2v) is 13.6. The van der Waals surface area contributed by atoms with Crippen molar-refractivity contribution in [3.63, 3.8) is 0 Å². The molecule has 0 radical (unpaired) electrons. The highest BCUT2D eigenvalue weighted by Gasteiger charge is 2.45. The minimum absolute atomic E-state index is 0.0181. The van der Waals surface area contributed by atoms with E-state index < -0.39 is 30.3 Å². The third-order valence-electron chi connectivity index (χ3n) is 9.06. The number of carbonyl (C=O) groups excluding carboxylic acids is 2. The van der Waals surface area contributed by atoms with E-state index in [-0.39, 0.29) is 48.4 Å². The summed E-state index contributed by atoms with van der Waals surface area (Å²) in [7, 11) is -2.89. The molecule has 1 saturated heterocycles. The van der Waals surface area contributed by atoms with Gasteiger partial charge < -0.3 is 35.1 Å². The molecule has 1 aromatic heterocycles. The summed E-state index contributed by atoms with van der Waals surface area (Å²) in [4.78, 5) is 58.5. The largest absolute Gasteiger partial charge is 0.421 e. The number of nitrogens with one attached hydrogen (secondary N) is 2. The van der Waals surface area contributed by atoms with E-state index in [1.807, 2.05) is 0 Å². The molecule has 0 aliphatic carbocycles. The van der Waals surface area contributed by atoms with Crippen LogP contribution in [0.3, 0.4) is 0 Å². The Hall–Kier alpha value is -4.20. The lowest BCUT2D eigenvalue weighted by atomic mass is 9.92. The molecule has 3 aromatic rings. The van der Waals surface area contributed by atoms with Gasteiger partial charge in [-0.05, 0) is 42.7 Å². The normalized spacial score (nSPS) is 15.6. The van der Waals surface area contributed by atoms with E-state index in [9.17, 15) is 37.1 Å². The molecule has 4 N–H and O–H groups in total. The van der Waals surface area contributed by atoms with Crippen LogP contribution in [0.15, 0.2) is 42.6 Å². The van der Waals surface area contributed by atoms with E-state index in [0.29, 0.717) is 49.2 Å². The standard InChI is InChI=1S/C31H37F3N7O5P/c1-5-30(6-2,47(44,45)46)20-7-9-21(10-8-20)36-29-35-17-23(31(32,33)34)27(38-29)37-24-11-12-25(22-18-39(4)28(43)26(22)24)41-15-13-40(14-16-41)19(3)42/h7-12,17H,5-6,13-16,18H2,1-4H3,(H2,44,45,46)(H2,35,36,37,38). The van der Waals surface area contributed by atoms with Crippen molar-refractivity contribution in [2.45, 2.75) is 51.5 Å². The lowest BCUT2D eigenvalue weighted by Crippen LogP contribution is -2.48. The van der Waals surface area contributed by atoms with Crippen molar-refractivity contribution in [3.05, 3.63) is 64.8 Å². The van der Waals surface area contributed by atoms with Gasteiger partial charge in [-0.25, -0.2) is 4.98 Å². The van der Waals surface area contributed by atoms with Crippen molar-refractivity contribution in [1.29, 1.82) is 0 Å². The molecule has 12 nitrogen and oxygen atoms in total. The summed E-state index contributed by atoms with van der Waals surface area (Å²) in [6.45, 7) is 7.31. The zero-order valence-electron chi connectivity index (χ0n) is 26.4. The van der Waals surface area contributed by atoms with Gasteiger partial charge in [-0.15, -0.1) is 0 Å². The molecule has 16 heteroatoms. The van der Waals surface area contributed by atoms with Gasteiger partial charge in [0.15, 0.2) is 0 Å². The number of nitrogens with zero attached hydrogens (tertiary/aromatic N) is 5.